The Balaban J connectivity index is 1.76. The average Bonchev–Trinajstić information content (AvgIpc) is 2.65. The lowest BCUT2D eigenvalue weighted by molar-refractivity contribution is 0.166. The Morgan fingerprint density at radius 1 is 1.16 bits per heavy atom. The Hall–Kier alpha value is -2.60. The van der Waals surface area contributed by atoms with E-state index >= 15 is 0 Å². The second-order valence-electron chi connectivity index (χ2n) is 6.04. The van der Waals surface area contributed by atoms with Gasteiger partial charge in [-0.2, -0.15) is 0 Å². The Bertz CT molecular complexity index is 738. The van der Waals surface area contributed by atoms with Crippen LogP contribution in [0.1, 0.15) is 19.3 Å². The number of rotatable bonds is 4. The molecule has 25 heavy (non-hydrogen) atoms. The first-order chi connectivity index (χ1) is 12.2. The van der Waals surface area contributed by atoms with E-state index in [1.807, 2.05) is 0 Å². The maximum Gasteiger partial charge on any atom is 0.322 e. The molecule has 132 valence electrons. The van der Waals surface area contributed by atoms with E-state index in [9.17, 15) is 9.18 Å². The highest BCUT2D eigenvalue weighted by Crippen LogP contribution is 2.31. The van der Waals surface area contributed by atoms with E-state index in [1.165, 1.54) is 6.07 Å². The molecule has 0 radical (unpaired) electrons. The predicted molar refractivity (Wildman–Crippen MR) is 95.3 cm³/mol. The molecule has 0 saturated carbocycles. The van der Waals surface area contributed by atoms with Gasteiger partial charge in [-0.1, -0.05) is 24.3 Å². The number of hydrogen-bond acceptors (Lipinski definition) is 3. The minimum absolute atomic E-state index is 0.0494. The van der Waals surface area contributed by atoms with Gasteiger partial charge in [0.15, 0.2) is 17.3 Å². The number of halogens is 1. The van der Waals surface area contributed by atoms with Gasteiger partial charge in [-0.25, -0.2) is 9.18 Å². The Morgan fingerprint density at radius 2 is 1.88 bits per heavy atom. The maximum atomic E-state index is 13.8. The summed E-state index contributed by atoms with van der Waals surface area (Å²) in [6, 6.07) is 13.0. The van der Waals surface area contributed by atoms with Crippen molar-refractivity contribution in [2.45, 2.75) is 25.3 Å². The zero-order valence-electron chi connectivity index (χ0n) is 14.0. The molecular formula is C19H22FN3O2. The Morgan fingerprint density at radius 3 is 2.64 bits per heavy atom. The van der Waals surface area contributed by atoms with E-state index in [1.54, 1.807) is 47.4 Å². The van der Waals surface area contributed by atoms with Crippen molar-refractivity contribution >= 4 is 11.7 Å². The van der Waals surface area contributed by atoms with Gasteiger partial charge in [0.2, 0.25) is 0 Å². The number of piperidine rings is 1. The van der Waals surface area contributed by atoms with Crippen LogP contribution in [0.2, 0.25) is 0 Å². The van der Waals surface area contributed by atoms with Crippen LogP contribution in [0.3, 0.4) is 0 Å². The Labute approximate surface area is 146 Å². The first kappa shape index (κ1) is 17.2. The maximum absolute atomic E-state index is 13.8. The molecule has 5 nitrogen and oxygen atoms in total. The Kier molecular flexibility index (Phi) is 5.50. The van der Waals surface area contributed by atoms with Gasteiger partial charge in [0.25, 0.3) is 0 Å². The van der Waals surface area contributed by atoms with Crippen molar-refractivity contribution in [3.8, 4) is 11.5 Å². The molecule has 1 saturated heterocycles. The molecule has 0 spiro atoms. The van der Waals surface area contributed by atoms with Crippen LogP contribution in [0.15, 0.2) is 48.5 Å². The van der Waals surface area contributed by atoms with E-state index in [-0.39, 0.29) is 17.8 Å². The van der Waals surface area contributed by atoms with Crippen LogP contribution in [-0.4, -0.2) is 30.1 Å². The number of nitrogens with two attached hydrogens (primary N) is 1. The average molecular weight is 343 g/mol. The van der Waals surface area contributed by atoms with Gasteiger partial charge in [-0.15, -0.1) is 0 Å². The fourth-order valence-electron chi connectivity index (χ4n) is 3.00. The lowest BCUT2D eigenvalue weighted by Gasteiger charge is -2.35. The zero-order valence-corrected chi connectivity index (χ0v) is 14.0. The third-order valence-corrected chi connectivity index (χ3v) is 4.35. The number of carbonyl (C=O) groups excluding carboxylic acids is 1. The van der Waals surface area contributed by atoms with Gasteiger partial charge in [0, 0.05) is 19.1 Å². The van der Waals surface area contributed by atoms with Crippen molar-refractivity contribution in [1.82, 2.24) is 4.90 Å². The van der Waals surface area contributed by atoms with Crippen LogP contribution in [0, 0.1) is 5.82 Å². The van der Waals surface area contributed by atoms with Gasteiger partial charge in [0.05, 0.1) is 5.69 Å². The first-order valence-electron chi connectivity index (χ1n) is 8.48. The third-order valence-electron chi connectivity index (χ3n) is 4.35. The molecule has 2 aromatic rings. The number of benzene rings is 2. The number of para-hydroxylation sites is 3. The van der Waals surface area contributed by atoms with Crippen LogP contribution in [0.5, 0.6) is 11.5 Å². The second kappa shape index (κ2) is 7.98. The summed E-state index contributed by atoms with van der Waals surface area (Å²) in [5.74, 6) is 0.0483. The molecule has 0 unspecified atom stereocenters. The van der Waals surface area contributed by atoms with Crippen LogP contribution in [0.4, 0.5) is 14.9 Å². The highest BCUT2D eigenvalue weighted by Gasteiger charge is 2.26. The summed E-state index contributed by atoms with van der Waals surface area (Å²) in [7, 11) is 0. The molecule has 1 aliphatic heterocycles. The van der Waals surface area contributed by atoms with Crippen molar-refractivity contribution in [3.63, 3.8) is 0 Å². The molecule has 2 aromatic carbocycles. The largest absolute Gasteiger partial charge is 0.452 e. The predicted octanol–water partition coefficient (Wildman–Crippen LogP) is 3.96. The van der Waals surface area contributed by atoms with Crippen LogP contribution in [0.25, 0.3) is 0 Å². The fraction of sp³-hybridized carbons (Fsp3) is 0.316. The van der Waals surface area contributed by atoms with E-state index in [2.05, 4.69) is 5.32 Å². The summed E-state index contributed by atoms with van der Waals surface area (Å²) < 4.78 is 19.5. The quantitative estimate of drug-likeness (QED) is 0.883. The summed E-state index contributed by atoms with van der Waals surface area (Å²) in [5.41, 5.74) is 6.28. The number of likely N-dealkylation sites (tertiary alicyclic amines) is 1. The standard InChI is InChI=1S/C19H22FN3O2/c20-15-8-1-3-10-17(15)25-18-11-4-2-9-16(18)22-19(24)23-12-6-5-7-14(23)13-21/h1-4,8-11,14H,5-7,12-13,21H2,(H,22,24)/t14-/m0/s1. The van der Waals surface area contributed by atoms with Crippen molar-refractivity contribution in [3.05, 3.63) is 54.3 Å². The van der Waals surface area contributed by atoms with Crippen LogP contribution in [-0.2, 0) is 0 Å². The number of carbonyl (C=O) groups is 1. The lowest BCUT2D eigenvalue weighted by atomic mass is 10.0. The SMILES string of the molecule is NC[C@@H]1CCCCN1C(=O)Nc1ccccc1Oc1ccccc1F. The molecule has 1 aliphatic rings. The van der Waals surface area contributed by atoms with Crippen LogP contribution < -0.4 is 15.8 Å². The van der Waals surface area contributed by atoms with Crippen molar-refractivity contribution < 1.29 is 13.9 Å². The van der Waals surface area contributed by atoms with E-state index in [4.69, 9.17) is 10.5 Å². The topological polar surface area (TPSA) is 67.6 Å². The molecular weight excluding hydrogens is 321 g/mol. The molecule has 1 atom stereocenters. The summed E-state index contributed by atoms with van der Waals surface area (Å²) in [6.07, 6.45) is 2.97. The molecule has 0 aromatic heterocycles. The number of nitrogens with one attached hydrogen (secondary N) is 1. The van der Waals surface area contributed by atoms with Gasteiger partial charge >= 0.3 is 6.03 Å². The highest BCUT2D eigenvalue weighted by molar-refractivity contribution is 5.91. The van der Waals surface area contributed by atoms with E-state index in [0.29, 0.717) is 24.5 Å². The number of hydrogen-bond donors (Lipinski definition) is 2. The summed E-state index contributed by atoms with van der Waals surface area (Å²) in [4.78, 5) is 14.4. The van der Waals surface area contributed by atoms with E-state index in [0.717, 1.165) is 19.3 Å². The normalized spacial score (nSPS) is 17.2. The van der Waals surface area contributed by atoms with Gasteiger partial charge in [-0.3, -0.25) is 0 Å². The molecule has 6 heteroatoms. The van der Waals surface area contributed by atoms with Crippen molar-refractivity contribution in [2.24, 2.45) is 5.73 Å². The van der Waals surface area contributed by atoms with Crippen molar-refractivity contribution in [1.29, 1.82) is 0 Å². The fourth-order valence-corrected chi connectivity index (χ4v) is 3.00. The minimum Gasteiger partial charge on any atom is -0.452 e. The number of anilines is 1. The van der Waals surface area contributed by atoms with E-state index < -0.39 is 5.82 Å². The molecule has 1 heterocycles. The smallest absolute Gasteiger partial charge is 0.322 e. The summed E-state index contributed by atoms with van der Waals surface area (Å²) >= 11 is 0. The number of ether oxygens (including phenoxy) is 1. The minimum atomic E-state index is -0.456. The van der Waals surface area contributed by atoms with Crippen molar-refractivity contribution in [2.75, 3.05) is 18.4 Å². The van der Waals surface area contributed by atoms with Gasteiger partial charge in [-0.05, 0) is 43.5 Å². The van der Waals surface area contributed by atoms with Crippen LogP contribution >= 0.6 is 0 Å². The first-order valence-corrected chi connectivity index (χ1v) is 8.48. The number of urea groups is 1. The summed E-state index contributed by atoms with van der Waals surface area (Å²) in [6.45, 7) is 1.13. The highest BCUT2D eigenvalue weighted by atomic mass is 19.1. The molecule has 2 amide bonds. The molecule has 3 rings (SSSR count). The molecule has 3 N–H and O–H groups in total. The second-order valence-corrected chi connectivity index (χ2v) is 6.04. The molecule has 1 fully saturated rings. The lowest BCUT2D eigenvalue weighted by Crippen LogP contribution is -2.49. The van der Waals surface area contributed by atoms with Gasteiger partial charge in [0.1, 0.15) is 0 Å². The monoisotopic (exact) mass is 343 g/mol. The number of amides is 2. The number of nitrogens with zero attached hydrogens (tertiary/aromatic N) is 1. The molecule has 0 bridgehead atoms. The third kappa shape index (κ3) is 4.09. The summed E-state index contributed by atoms with van der Waals surface area (Å²) in [5, 5.41) is 2.87. The zero-order chi connectivity index (χ0) is 17.6. The molecule has 0 aliphatic carbocycles. The van der Waals surface area contributed by atoms with Gasteiger partial charge < -0.3 is 20.7 Å².